The van der Waals surface area contributed by atoms with E-state index in [9.17, 15) is 9.59 Å². The van der Waals surface area contributed by atoms with E-state index in [2.05, 4.69) is 25.5 Å². The van der Waals surface area contributed by atoms with Crippen molar-refractivity contribution in [2.24, 2.45) is 11.7 Å². The first kappa shape index (κ1) is 20.4. The highest BCUT2D eigenvalue weighted by atomic mass is 35.5. The molecular formula is C20H24ClN7O2. The molecule has 0 spiro atoms. The summed E-state index contributed by atoms with van der Waals surface area (Å²) in [4.78, 5) is 36.1. The first-order valence-electron chi connectivity index (χ1n) is 9.93. The maximum atomic E-state index is 12.6. The molecule has 10 heteroatoms. The number of likely N-dealkylation sites (tertiary alicyclic amines) is 1. The van der Waals surface area contributed by atoms with E-state index in [1.807, 2.05) is 12.1 Å². The van der Waals surface area contributed by atoms with Gasteiger partial charge in [-0.1, -0.05) is 23.7 Å². The van der Waals surface area contributed by atoms with Gasteiger partial charge in [0.05, 0.1) is 23.8 Å². The summed E-state index contributed by atoms with van der Waals surface area (Å²) >= 11 is 6.24. The van der Waals surface area contributed by atoms with E-state index in [4.69, 9.17) is 17.3 Å². The Morgan fingerprint density at radius 1 is 1.30 bits per heavy atom. The Kier molecular flexibility index (Phi) is 6.01. The van der Waals surface area contributed by atoms with Gasteiger partial charge in [-0.05, 0) is 44.0 Å². The summed E-state index contributed by atoms with van der Waals surface area (Å²) < 4.78 is 0. The first-order chi connectivity index (χ1) is 14.5. The van der Waals surface area contributed by atoms with Crippen molar-refractivity contribution in [1.29, 1.82) is 0 Å². The molecule has 3 heterocycles. The summed E-state index contributed by atoms with van der Waals surface area (Å²) in [7, 11) is 0. The van der Waals surface area contributed by atoms with E-state index >= 15 is 0 Å². The molecule has 2 aliphatic heterocycles. The fourth-order valence-electron chi connectivity index (χ4n) is 3.80. The van der Waals surface area contributed by atoms with Crippen LogP contribution in [0.5, 0.6) is 0 Å². The molecule has 0 unspecified atom stereocenters. The van der Waals surface area contributed by atoms with Crippen molar-refractivity contribution >= 4 is 41.0 Å². The highest BCUT2D eigenvalue weighted by Crippen LogP contribution is 2.31. The van der Waals surface area contributed by atoms with Crippen LogP contribution < -0.4 is 21.3 Å². The lowest BCUT2D eigenvalue weighted by molar-refractivity contribution is -0.119. The number of anilines is 3. The standard InChI is InChI=1S/C20H24ClN7O2/c21-15-3-1-2-4-16(15)28-11-14-10-24-19(25-18(14)26-20(28)30)23-9-13-5-7-27(8-6-13)12-17(22)29/h1-4,10,13H,5-9,11-12H2,(H2,22,29)(H2,23,24,25,26,30). The molecule has 30 heavy (non-hydrogen) atoms. The number of carbonyl (C=O) groups excluding carboxylic acids is 2. The van der Waals surface area contributed by atoms with E-state index in [0.29, 0.717) is 41.5 Å². The second kappa shape index (κ2) is 8.85. The number of fused-ring (bicyclic) bond motifs is 1. The van der Waals surface area contributed by atoms with E-state index in [0.717, 1.165) is 38.0 Å². The predicted octanol–water partition coefficient (Wildman–Crippen LogP) is 2.29. The lowest BCUT2D eigenvalue weighted by atomic mass is 9.97. The van der Waals surface area contributed by atoms with Crippen LogP contribution in [0.4, 0.5) is 22.2 Å². The summed E-state index contributed by atoms with van der Waals surface area (Å²) in [5, 5.41) is 6.60. The number of nitrogens with zero attached hydrogens (tertiary/aromatic N) is 4. The average molecular weight is 430 g/mol. The Balaban J connectivity index is 1.35. The Morgan fingerprint density at radius 3 is 2.80 bits per heavy atom. The topological polar surface area (TPSA) is 116 Å². The first-order valence-corrected chi connectivity index (χ1v) is 10.3. The molecule has 0 bridgehead atoms. The minimum atomic E-state index is -0.288. The highest BCUT2D eigenvalue weighted by Gasteiger charge is 2.27. The summed E-state index contributed by atoms with van der Waals surface area (Å²) in [6, 6.07) is 6.94. The number of benzene rings is 1. The molecule has 1 saturated heterocycles. The number of para-hydroxylation sites is 1. The van der Waals surface area contributed by atoms with Gasteiger partial charge in [0, 0.05) is 18.3 Å². The molecule has 1 aromatic carbocycles. The molecule has 0 atom stereocenters. The molecule has 4 N–H and O–H groups in total. The normalized spacial score (nSPS) is 17.4. The predicted molar refractivity (Wildman–Crippen MR) is 116 cm³/mol. The molecule has 1 fully saturated rings. The van der Waals surface area contributed by atoms with Crippen LogP contribution in [-0.2, 0) is 11.3 Å². The molecule has 2 aliphatic rings. The van der Waals surface area contributed by atoms with Crippen molar-refractivity contribution in [3.8, 4) is 0 Å². The molecule has 0 radical (unpaired) electrons. The molecule has 4 rings (SSSR count). The SMILES string of the molecule is NC(=O)CN1CCC(CNc2ncc3c(n2)NC(=O)N(c2ccccc2Cl)C3)CC1. The van der Waals surface area contributed by atoms with Crippen LogP contribution in [0, 0.1) is 5.92 Å². The number of urea groups is 1. The van der Waals surface area contributed by atoms with Crippen LogP contribution in [0.25, 0.3) is 0 Å². The van der Waals surface area contributed by atoms with E-state index < -0.39 is 0 Å². The van der Waals surface area contributed by atoms with Gasteiger partial charge in [-0.25, -0.2) is 9.78 Å². The highest BCUT2D eigenvalue weighted by molar-refractivity contribution is 6.34. The zero-order valence-corrected chi connectivity index (χ0v) is 17.2. The second-order valence-corrected chi connectivity index (χ2v) is 8.01. The van der Waals surface area contributed by atoms with Gasteiger partial charge in [-0.15, -0.1) is 0 Å². The van der Waals surface area contributed by atoms with Gasteiger partial charge in [0.25, 0.3) is 0 Å². The maximum absolute atomic E-state index is 12.6. The molecule has 1 aromatic heterocycles. The summed E-state index contributed by atoms with van der Waals surface area (Å²) in [5.74, 6) is 1.18. The van der Waals surface area contributed by atoms with E-state index in [1.54, 1.807) is 23.2 Å². The number of amides is 3. The van der Waals surface area contributed by atoms with Gasteiger partial charge < -0.3 is 11.1 Å². The second-order valence-electron chi connectivity index (χ2n) is 7.60. The number of nitrogens with one attached hydrogen (secondary N) is 2. The van der Waals surface area contributed by atoms with Crippen LogP contribution in [0.2, 0.25) is 5.02 Å². The third-order valence-electron chi connectivity index (χ3n) is 5.44. The third kappa shape index (κ3) is 4.63. The van der Waals surface area contributed by atoms with Gasteiger partial charge in [0.2, 0.25) is 11.9 Å². The van der Waals surface area contributed by atoms with Crippen molar-refractivity contribution < 1.29 is 9.59 Å². The largest absolute Gasteiger partial charge is 0.369 e. The number of nitrogens with two attached hydrogens (primary N) is 1. The van der Waals surface area contributed by atoms with Gasteiger partial charge in [-0.2, -0.15) is 4.98 Å². The molecular weight excluding hydrogens is 406 g/mol. The number of carbonyl (C=O) groups is 2. The van der Waals surface area contributed by atoms with Crippen molar-refractivity contribution in [3.05, 3.63) is 41.0 Å². The zero-order valence-electron chi connectivity index (χ0n) is 16.5. The Hall–Kier alpha value is -2.91. The lowest BCUT2D eigenvalue weighted by Gasteiger charge is -2.31. The van der Waals surface area contributed by atoms with Crippen LogP contribution >= 0.6 is 11.6 Å². The number of hydrogen-bond donors (Lipinski definition) is 3. The van der Waals surface area contributed by atoms with Crippen molar-refractivity contribution in [2.45, 2.75) is 19.4 Å². The number of rotatable bonds is 6. The Bertz CT molecular complexity index is 947. The molecule has 0 saturated carbocycles. The summed E-state index contributed by atoms with van der Waals surface area (Å²) in [5.41, 5.74) is 6.72. The summed E-state index contributed by atoms with van der Waals surface area (Å²) in [6.45, 7) is 3.12. The van der Waals surface area contributed by atoms with Crippen LogP contribution in [0.1, 0.15) is 18.4 Å². The minimum Gasteiger partial charge on any atom is -0.369 e. The Labute approximate surface area is 179 Å². The van der Waals surface area contributed by atoms with Crippen molar-refractivity contribution in [2.75, 3.05) is 41.7 Å². The van der Waals surface area contributed by atoms with Gasteiger partial charge in [-0.3, -0.25) is 19.9 Å². The maximum Gasteiger partial charge on any atom is 0.327 e. The van der Waals surface area contributed by atoms with Gasteiger partial charge >= 0.3 is 6.03 Å². The number of hydrogen-bond acceptors (Lipinski definition) is 6. The molecule has 158 valence electrons. The van der Waals surface area contributed by atoms with Crippen LogP contribution in [0.15, 0.2) is 30.5 Å². The quantitative estimate of drug-likeness (QED) is 0.648. The molecule has 0 aliphatic carbocycles. The van der Waals surface area contributed by atoms with E-state index in [-0.39, 0.29) is 11.9 Å². The summed E-state index contributed by atoms with van der Waals surface area (Å²) in [6.07, 6.45) is 3.69. The van der Waals surface area contributed by atoms with E-state index in [1.165, 1.54) is 0 Å². The average Bonchev–Trinajstić information content (AvgIpc) is 2.73. The number of aromatic nitrogens is 2. The fourth-order valence-corrected chi connectivity index (χ4v) is 4.03. The van der Waals surface area contributed by atoms with Crippen LogP contribution in [-0.4, -0.2) is 53.0 Å². The molecule has 3 amide bonds. The lowest BCUT2D eigenvalue weighted by Crippen LogP contribution is -2.41. The Morgan fingerprint density at radius 2 is 2.07 bits per heavy atom. The molecule has 9 nitrogen and oxygen atoms in total. The minimum absolute atomic E-state index is 0.276. The molecule has 2 aromatic rings. The number of piperidine rings is 1. The number of primary amides is 1. The van der Waals surface area contributed by atoms with Crippen molar-refractivity contribution in [1.82, 2.24) is 14.9 Å². The number of halogens is 1. The fraction of sp³-hybridized carbons (Fsp3) is 0.400. The van der Waals surface area contributed by atoms with Gasteiger partial charge in [0.15, 0.2) is 0 Å². The monoisotopic (exact) mass is 429 g/mol. The van der Waals surface area contributed by atoms with Crippen LogP contribution in [0.3, 0.4) is 0 Å². The van der Waals surface area contributed by atoms with Gasteiger partial charge in [0.1, 0.15) is 5.82 Å². The third-order valence-corrected chi connectivity index (χ3v) is 5.76. The van der Waals surface area contributed by atoms with Crippen molar-refractivity contribution in [3.63, 3.8) is 0 Å². The zero-order chi connectivity index (χ0) is 21.1. The smallest absolute Gasteiger partial charge is 0.327 e.